The van der Waals surface area contributed by atoms with Gasteiger partial charge in [-0.15, -0.1) is 0 Å². The van der Waals surface area contributed by atoms with E-state index in [4.69, 9.17) is 23.2 Å². The number of aromatic carboxylic acids is 1. The quantitative estimate of drug-likeness (QED) is 0.821. The van der Waals surface area contributed by atoms with E-state index >= 15 is 0 Å². The summed E-state index contributed by atoms with van der Waals surface area (Å²) in [5, 5.41) is 14.4. The van der Waals surface area contributed by atoms with E-state index < -0.39 is 11.5 Å². The van der Waals surface area contributed by atoms with Crippen molar-refractivity contribution in [2.75, 3.05) is 0 Å². The minimum atomic E-state index is -1.34. The molecule has 0 atom stereocenters. The second kappa shape index (κ2) is 4.80. The fourth-order valence-electron chi connectivity index (χ4n) is 1.36. The highest BCUT2D eigenvalue weighted by Gasteiger charge is 2.09. The fourth-order valence-corrected chi connectivity index (χ4v) is 1.61. The van der Waals surface area contributed by atoms with Gasteiger partial charge >= 0.3 is 0 Å². The van der Waals surface area contributed by atoms with Crippen LogP contribution < -0.4 is 10.7 Å². The first-order valence-corrected chi connectivity index (χ1v) is 5.51. The molecule has 2 rings (SSSR count). The van der Waals surface area contributed by atoms with Gasteiger partial charge in [-0.25, -0.2) is 0 Å². The number of rotatable bonds is 2. The molecule has 0 aliphatic rings. The van der Waals surface area contributed by atoms with E-state index in [2.05, 4.69) is 5.10 Å². The molecule has 0 aliphatic heterocycles. The van der Waals surface area contributed by atoms with Gasteiger partial charge in [0, 0.05) is 0 Å². The molecule has 18 heavy (non-hydrogen) atoms. The topological polar surface area (TPSA) is 75.0 Å². The predicted molar refractivity (Wildman–Crippen MR) is 64.2 cm³/mol. The molecule has 0 N–H and O–H groups in total. The van der Waals surface area contributed by atoms with Crippen LogP contribution in [0.4, 0.5) is 0 Å². The van der Waals surface area contributed by atoms with Crippen LogP contribution in [-0.2, 0) is 0 Å². The molecule has 1 aromatic carbocycles. The van der Waals surface area contributed by atoms with Crippen LogP contribution in [0.2, 0.25) is 10.0 Å². The summed E-state index contributed by atoms with van der Waals surface area (Å²) in [4.78, 5) is 22.5. The number of benzene rings is 1. The average Bonchev–Trinajstić information content (AvgIpc) is 2.36. The van der Waals surface area contributed by atoms with Gasteiger partial charge in [-0.3, -0.25) is 4.79 Å². The Morgan fingerprint density at radius 3 is 2.72 bits per heavy atom. The van der Waals surface area contributed by atoms with Crippen LogP contribution in [0.3, 0.4) is 0 Å². The zero-order chi connectivity index (χ0) is 13.3. The van der Waals surface area contributed by atoms with Crippen LogP contribution in [-0.4, -0.2) is 15.7 Å². The summed E-state index contributed by atoms with van der Waals surface area (Å²) in [6, 6.07) is 5.59. The van der Waals surface area contributed by atoms with Gasteiger partial charge in [-0.05, 0) is 17.7 Å². The normalized spacial score (nSPS) is 10.3. The van der Waals surface area contributed by atoms with Crippen LogP contribution in [0, 0.1) is 0 Å². The molecule has 0 bridgehead atoms. The molecule has 5 nitrogen and oxygen atoms in total. The summed E-state index contributed by atoms with van der Waals surface area (Å²) in [5.74, 6) is -1.34. The van der Waals surface area contributed by atoms with Crippen molar-refractivity contribution in [2.24, 2.45) is 0 Å². The highest BCUT2D eigenvalue weighted by atomic mass is 35.5. The SMILES string of the molecule is O=C([O-])c1cccc(-n2ncc(Cl)c(Cl)c2=O)c1. The second-order valence-electron chi connectivity index (χ2n) is 3.36. The number of carboxylic acid groups (broad SMARTS) is 1. The summed E-state index contributed by atoms with van der Waals surface area (Å²) in [7, 11) is 0. The minimum Gasteiger partial charge on any atom is -0.545 e. The standard InChI is InChI=1S/C11H6Cl2N2O3/c12-8-5-14-15(10(16)9(8)13)7-3-1-2-6(4-7)11(17)18/h1-5H,(H,17,18)/p-1. The maximum atomic E-state index is 11.8. The Kier molecular flexibility index (Phi) is 3.36. The van der Waals surface area contributed by atoms with Crippen molar-refractivity contribution < 1.29 is 9.90 Å². The van der Waals surface area contributed by atoms with Crippen molar-refractivity contribution in [1.82, 2.24) is 9.78 Å². The molecule has 1 aromatic heterocycles. The Hall–Kier alpha value is -1.85. The fraction of sp³-hybridized carbons (Fsp3) is 0. The molecule has 0 spiro atoms. The van der Waals surface area contributed by atoms with Crippen molar-refractivity contribution in [1.29, 1.82) is 0 Å². The van der Waals surface area contributed by atoms with Gasteiger partial charge in [0.05, 0.1) is 22.9 Å². The lowest BCUT2D eigenvalue weighted by molar-refractivity contribution is -0.255. The average molecular weight is 284 g/mol. The molecule has 0 radical (unpaired) electrons. The van der Waals surface area contributed by atoms with E-state index in [0.29, 0.717) is 0 Å². The highest BCUT2D eigenvalue weighted by Crippen LogP contribution is 2.16. The first kappa shape index (κ1) is 12.6. The number of aromatic nitrogens is 2. The Bertz CT molecular complexity index is 682. The lowest BCUT2D eigenvalue weighted by Crippen LogP contribution is -2.24. The van der Waals surface area contributed by atoms with Gasteiger partial charge in [0.1, 0.15) is 5.02 Å². The number of carboxylic acids is 1. The van der Waals surface area contributed by atoms with E-state index in [1.165, 1.54) is 30.5 Å². The molecule has 0 saturated heterocycles. The van der Waals surface area contributed by atoms with Gasteiger partial charge in [0.25, 0.3) is 5.56 Å². The van der Waals surface area contributed by atoms with Crippen LogP contribution in [0.1, 0.15) is 10.4 Å². The summed E-state index contributed by atoms with van der Waals surface area (Å²) >= 11 is 11.3. The number of hydrogen-bond donors (Lipinski definition) is 0. The van der Waals surface area contributed by atoms with Gasteiger partial charge in [-0.2, -0.15) is 9.78 Å². The second-order valence-corrected chi connectivity index (χ2v) is 4.15. The maximum Gasteiger partial charge on any atom is 0.291 e. The monoisotopic (exact) mass is 283 g/mol. The summed E-state index contributed by atoms with van der Waals surface area (Å²) in [6.45, 7) is 0. The Balaban J connectivity index is 2.63. The number of halogens is 2. The van der Waals surface area contributed by atoms with E-state index in [-0.39, 0.29) is 21.3 Å². The van der Waals surface area contributed by atoms with Crippen LogP contribution in [0.5, 0.6) is 0 Å². The molecule has 0 unspecified atom stereocenters. The van der Waals surface area contributed by atoms with Crippen molar-refractivity contribution in [3.8, 4) is 5.69 Å². The summed E-state index contributed by atoms with van der Waals surface area (Å²) < 4.78 is 0.959. The first-order chi connectivity index (χ1) is 8.50. The van der Waals surface area contributed by atoms with Crippen molar-refractivity contribution in [3.63, 3.8) is 0 Å². The van der Waals surface area contributed by atoms with Gasteiger partial charge in [0.15, 0.2) is 0 Å². The lowest BCUT2D eigenvalue weighted by atomic mass is 10.2. The third-order valence-corrected chi connectivity index (χ3v) is 2.95. The number of carbonyl (C=O) groups is 1. The number of carbonyl (C=O) groups excluding carboxylic acids is 1. The third-order valence-electron chi connectivity index (χ3n) is 2.20. The Labute approximate surface area is 111 Å². The van der Waals surface area contributed by atoms with E-state index in [0.717, 1.165) is 4.68 Å². The first-order valence-electron chi connectivity index (χ1n) is 4.76. The molecule has 2 aromatic rings. The van der Waals surface area contributed by atoms with Crippen LogP contribution >= 0.6 is 23.2 Å². The molecule has 1 heterocycles. The highest BCUT2D eigenvalue weighted by molar-refractivity contribution is 6.41. The third kappa shape index (κ3) is 2.23. The Morgan fingerprint density at radius 2 is 2.06 bits per heavy atom. The van der Waals surface area contributed by atoms with Crippen LogP contribution in [0.15, 0.2) is 35.3 Å². The molecular formula is C11H5Cl2N2O3-. The van der Waals surface area contributed by atoms with Crippen molar-refractivity contribution in [3.05, 3.63) is 56.4 Å². The van der Waals surface area contributed by atoms with Crippen molar-refractivity contribution >= 4 is 29.2 Å². The molecule has 7 heteroatoms. The number of nitrogens with zero attached hydrogens (tertiary/aromatic N) is 2. The zero-order valence-corrected chi connectivity index (χ0v) is 10.3. The summed E-state index contributed by atoms with van der Waals surface area (Å²) in [6.07, 6.45) is 1.21. The van der Waals surface area contributed by atoms with Crippen molar-refractivity contribution in [2.45, 2.75) is 0 Å². The smallest absolute Gasteiger partial charge is 0.291 e. The summed E-state index contributed by atoms with van der Waals surface area (Å²) in [5.41, 5.74) is -0.424. The molecule has 0 saturated carbocycles. The van der Waals surface area contributed by atoms with Gasteiger partial charge < -0.3 is 9.90 Å². The maximum absolute atomic E-state index is 11.8. The Morgan fingerprint density at radius 1 is 1.33 bits per heavy atom. The molecule has 0 aliphatic carbocycles. The lowest BCUT2D eigenvalue weighted by Gasteiger charge is -2.08. The number of hydrogen-bond acceptors (Lipinski definition) is 4. The zero-order valence-electron chi connectivity index (χ0n) is 8.76. The molecule has 92 valence electrons. The molecular weight excluding hydrogens is 279 g/mol. The largest absolute Gasteiger partial charge is 0.545 e. The predicted octanol–water partition coefficient (Wildman–Crippen LogP) is 0.903. The van der Waals surface area contributed by atoms with E-state index in [1.807, 2.05) is 0 Å². The van der Waals surface area contributed by atoms with Gasteiger partial charge in [0.2, 0.25) is 0 Å². The molecule has 0 amide bonds. The van der Waals surface area contributed by atoms with E-state index in [1.54, 1.807) is 0 Å². The van der Waals surface area contributed by atoms with Crippen LogP contribution in [0.25, 0.3) is 5.69 Å². The van der Waals surface area contributed by atoms with Gasteiger partial charge in [-0.1, -0.05) is 35.3 Å². The van der Waals surface area contributed by atoms with E-state index in [9.17, 15) is 14.7 Å². The molecule has 0 fully saturated rings. The minimum absolute atomic E-state index is 0.0361.